The maximum Gasteiger partial charge on any atom is 0.0412 e. The summed E-state index contributed by atoms with van der Waals surface area (Å²) < 4.78 is 0. The van der Waals surface area contributed by atoms with Crippen LogP contribution < -0.4 is 10.2 Å². The summed E-state index contributed by atoms with van der Waals surface area (Å²) in [5.74, 6) is 3.22. The normalized spacial score (nSPS) is 16.1. The Kier molecular flexibility index (Phi) is 5.59. The maximum absolute atomic E-state index is 3.58. The Morgan fingerprint density at radius 3 is 2.68 bits per heavy atom. The van der Waals surface area contributed by atoms with E-state index < -0.39 is 0 Å². The Morgan fingerprint density at radius 2 is 2.00 bits per heavy atom. The molecule has 0 bridgehead atoms. The summed E-state index contributed by atoms with van der Waals surface area (Å²) in [6.45, 7) is 11.1. The summed E-state index contributed by atoms with van der Waals surface area (Å²) in [5.41, 5.74) is 4.24. The largest absolute Gasteiger partial charge is 0.370 e. The number of nitrogens with one attached hydrogen (secondary N) is 1. The lowest BCUT2D eigenvalue weighted by Crippen LogP contribution is -2.33. The molecule has 0 spiro atoms. The molecule has 0 aliphatic carbocycles. The first-order valence-corrected chi connectivity index (χ1v) is 8.45. The number of aryl methyl sites for hydroxylation is 1. The number of rotatable bonds is 5. The zero-order valence-corrected chi connectivity index (χ0v) is 13.2. The summed E-state index contributed by atoms with van der Waals surface area (Å²) in [7, 11) is 0. The maximum atomic E-state index is 3.58. The van der Waals surface area contributed by atoms with Crippen molar-refractivity contribution < 1.29 is 0 Å². The number of thioether (sulfide) groups is 1. The van der Waals surface area contributed by atoms with Crippen LogP contribution in [0.3, 0.4) is 0 Å². The molecule has 2 rings (SSSR count). The fourth-order valence-electron chi connectivity index (χ4n) is 2.46. The molecule has 2 nitrogen and oxygen atoms in total. The van der Waals surface area contributed by atoms with Gasteiger partial charge in [-0.25, -0.2) is 0 Å². The molecule has 3 heteroatoms. The molecule has 1 fully saturated rings. The van der Waals surface area contributed by atoms with Gasteiger partial charge in [-0.2, -0.15) is 11.8 Å². The molecule has 0 radical (unpaired) electrons. The van der Waals surface area contributed by atoms with Gasteiger partial charge in [-0.1, -0.05) is 31.5 Å². The third kappa shape index (κ3) is 4.43. The molecule has 1 aliphatic heterocycles. The van der Waals surface area contributed by atoms with Crippen molar-refractivity contribution in [1.82, 2.24) is 5.32 Å². The molecule has 19 heavy (non-hydrogen) atoms. The molecule has 0 atom stereocenters. The highest BCUT2D eigenvalue weighted by atomic mass is 32.2. The van der Waals surface area contributed by atoms with Gasteiger partial charge in [0.15, 0.2) is 0 Å². The lowest BCUT2D eigenvalue weighted by atomic mass is 10.1. The van der Waals surface area contributed by atoms with Crippen LogP contribution in [0.1, 0.15) is 25.0 Å². The predicted octanol–water partition coefficient (Wildman–Crippen LogP) is 3.29. The van der Waals surface area contributed by atoms with E-state index in [1.807, 2.05) is 0 Å². The molecule has 1 aromatic carbocycles. The highest BCUT2D eigenvalue weighted by molar-refractivity contribution is 7.99. The van der Waals surface area contributed by atoms with Crippen molar-refractivity contribution in [2.75, 3.05) is 36.0 Å². The first kappa shape index (κ1) is 14.7. The Labute approximate surface area is 122 Å². The van der Waals surface area contributed by atoms with Gasteiger partial charge in [0.2, 0.25) is 0 Å². The van der Waals surface area contributed by atoms with E-state index in [0.29, 0.717) is 5.92 Å². The van der Waals surface area contributed by atoms with E-state index in [4.69, 9.17) is 0 Å². The van der Waals surface area contributed by atoms with Gasteiger partial charge in [0.05, 0.1) is 0 Å². The topological polar surface area (TPSA) is 15.3 Å². The summed E-state index contributed by atoms with van der Waals surface area (Å²) in [5, 5.41) is 3.58. The Morgan fingerprint density at radius 1 is 1.26 bits per heavy atom. The fraction of sp³-hybridized carbons (Fsp3) is 0.625. The van der Waals surface area contributed by atoms with Gasteiger partial charge in [0.25, 0.3) is 0 Å². The second-order valence-electron chi connectivity index (χ2n) is 5.76. The van der Waals surface area contributed by atoms with Gasteiger partial charge in [-0.3, -0.25) is 0 Å². The van der Waals surface area contributed by atoms with Crippen molar-refractivity contribution in [2.45, 2.75) is 27.3 Å². The van der Waals surface area contributed by atoms with Gasteiger partial charge < -0.3 is 10.2 Å². The first-order valence-electron chi connectivity index (χ1n) is 7.30. The van der Waals surface area contributed by atoms with Crippen molar-refractivity contribution in [3.63, 3.8) is 0 Å². The minimum atomic E-state index is 0.708. The highest BCUT2D eigenvalue weighted by Crippen LogP contribution is 2.25. The Hall–Kier alpha value is -0.670. The minimum Gasteiger partial charge on any atom is -0.370 e. The van der Waals surface area contributed by atoms with Gasteiger partial charge >= 0.3 is 0 Å². The van der Waals surface area contributed by atoms with Gasteiger partial charge in [0.1, 0.15) is 0 Å². The molecule has 0 unspecified atom stereocenters. The number of anilines is 1. The zero-order valence-electron chi connectivity index (χ0n) is 12.4. The first-order chi connectivity index (χ1) is 9.16. The molecule has 106 valence electrons. The minimum absolute atomic E-state index is 0.708. The molecule has 0 amide bonds. The van der Waals surface area contributed by atoms with Crippen LogP contribution in [0, 0.1) is 12.8 Å². The van der Waals surface area contributed by atoms with Crippen LogP contribution in [0.5, 0.6) is 0 Å². The second kappa shape index (κ2) is 7.20. The number of hydrogen-bond donors (Lipinski definition) is 1. The van der Waals surface area contributed by atoms with Crippen LogP contribution in [0.4, 0.5) is 5.69 Å². The van der Waals surface area contributed by atoms with E-state index in [0.717, 1.165) is 13.1 Å². The molecule has 1 heterocycles. The summed E-state index contributed by atoms with van der Waals surface area (Å²) in [6.07, 6.45) is 0. The smallest absolute Gasteiger partial charge is 0.0412 e. The molecular weight excluding hydrogens is 252 g/mol. The van der Waals surface area contributed by atoms with E-state index in [-0.39, 0.29) is 0 Å². The number of nitrogens with zero attached hydrogens (tertiary/aromatic N) is 1. The summed E-state index contributed by atoms with van der Waals surface area (Å²) >= 11 is 2.07. The zero-order chi connectivity index (χ0) is 13.7. The van der Waals surface area contributed by atoms with Crippen molar-refractivity contribution in [3.05, 3.63) is 29.3 Å². The van der Waals surface area contributed by atoms with E-state index >= 15 is 0 Å². The van der Waals surface area contributed by atoms with Crippen LogP contribution in [-0.4, -0.2) is 31.1 Å². The third-order valence-electron chi connectivity index (χ3n) is 3.45. The second-order valence-corrected chi connectivity index (χ2v) is 6.98. The standard InChI is InChI=1S/C16H26N2S/c1-13(2)11-17-12-15-10-14(3)4-5-16(15)18-6-8-19-9-7-18/h4-5,10,13,17H,6-9,11-12H2,1-3H3. The molecule has 1 aliphatic rings. The third-order valence-corrected chi connectivity index (χ3v) is 4.40. The molecule has 1 aromatic rings. The van der Waals surface area contributed by atoms with Crippen LogP contribution in [0.2, 0.25) is 0 Å². The quantitative estimate of drug-likeness (QED) is 0.890. The van der Waals surface area contributed by atoms with Crippen molar-refractivity contribution in [1.29, 1.82) is 0 Å². The monoisotopic (exact) mass is 278 g/mol. The Bertz CT molecular complexity index is 398. The van der Waals surface area contributed by atoms with E-state index in [1.165, 1.54) is 41.4 Å². The van der Waals surface area contributed by atoms with Gasteiger partial charge in [-0.05, 0) is 31.0 Å². The number of hydrogen-bond acceptors (Lipinski definition) is 3. The summed E-state index contributed by atoms with van der Waals surface area (Å²) in [4.78, 5) is 2.54. The SMILES string of the molecule is Cc1ccc(N2CCSCC2)c(CNCC(C)C)c1. The van der Waals surface area contributed by atoms with Gasteiger partial charge in [-0.15, -0.1) is 0 Å². The number of benzene rings is 1. The molecular formula is C16H26N2S. The molecule has 0 saturated carbocycles. The van der Waals surface area contributed by atoms with Crippen molar-refractivity contribution in [2.24, 2.45) is 5.92 Å². The van der Waals surface area contributed by atoms with Crippen LogP contribution in [0.25, 0.3) is 0 Å². The van der Waals surface area contributed by atoms with Crippen LogP contribution >= 0.6 is 11.8 Å². The average molecular weight is 278 g/mol. The van der Waals surface area contributed by atoms with Crippen molar-refractivity contribution >= 4 is 17.4 Å². The van der Waals surface area contributed by atoms with Crippen molar-refractivity contribution in [3.8, 4) is 0 Å². The fourth-order valence-corrected chi connectivity index (χ4v) is 3.37. The van der Waals surface area contributed by atoms with Crippen LogP contribution in [-0.2, 0) is 6.54 Å². The lowest BCUT2D eigenvalue weighted by molar-refractivity contribution is 0.552. The lowest BCUT2D eigenvalue weighted by Gasteiger charge is -2.30. The van der Waals surface area contributed by atoms with E-state index in [1.54, 1.807) is 0 Å². The van der Waals surface area contributed by atoms with Crippen LogP contribution in [0.15, 0.2) is 18.2 Å². The van der Waals surface area contributed by atoms with E-state index in [2.05, 4.69) is 60.9 Å². The average Bonchev–Trinajstić information content (AvgIpc) is 2.39. The highest BCUT2D eigenvalue weighted by Gasteiger charge is 2.14. The van der Waals surface area contributed by atoms with E-state index in [9.17, 15) is 0 Å². The predicted molar refractivity (Wildman–Crippen MR) is 87.3 cm³/mol. The Balaban J connectivity index is 2.08. The molecule has 1 N–H and O–H groups in total. The van der Waals surface area contributed by atoms with Gasteiger partial charge in [0, 0.05) is 36.8 Å². The summed E-state index contributed by atoms with van der Waals surface area (Å²) in [6, 6.07) is 6.88. The molecule has 0 aromatic heterocycles. The molecule has 1 saturated heterocycles.